The van der Waals surface area contributed by atoms with Crippen LogP contribution in [0.5, 0.6) is 5.75 Å². The van der Waals surface area contributed by atoms with Gasteiger partial charge in [0.05, 0.1) is 5.01 Å². The molecule has 0 bridgehead atoms. The van der Waals surface area contributed by atoms with Gasteiger partial charge in [-0.05, 0) is 24.6 Å². The Hall–Kier alpha value is -2.05. The average molecular weight is 370 g/mol. The predicted octanol–water partition coefficient (Wildman–Crippen LogP) is 6.34. The number of hydrogen-bond donors (Lipinski definition) is 0. The second kappa shape index (κ2) is 6.45. The zero-order chi connectivity index (χ0) is 17.3. The van der Waals surface area contributed by atoms with E-state index in [1.807, 2.05) is 13.0 Å². The Morgan fingerprint density at radius 3 is 2.42 bits per heavy atom. The zero-order valence-corrected chi connectivity index (χ0v) is 14.0. The molecule has 0 unspecified atom stereocenters. The summed E-state index contributed by atoms with van der Waals surface area (Å²) in [6, 6.07) is 13.1. The van der Waals surface area contributed by atoms with Crippen LogP contribution < -0.4 is 4.74 Å². The molecule has 0 N–H and O–H groups in total. The van der Waals surface area contributed by atoms with Gasteiger partial charge >= 0.3 is 6.36 Å². The number of thiazole rings is 1. The summed E-state index contributed by atoms with van der Waals surface area (Å²) < 4.78 is 42.4. The first kappa shape index (κ1) is 16.8. The molecular formula is C17H11ClF3NOS. The van der Waals surface area contributed by atoms with Gasteiger partial charge < -0.3 is 4.74 Å². The van der Waals surface area contributed by atoms with E-state index in [0.29, 0.717) is 21.2 Å². The van der Waals surface area contributed by atoms with E-state index in [-0.39, 0.29) is 5.75 Å². The van der Waals surface area contributed by atoms with E-state index in [2.05, 4.69) is 9.72 Å². The van der Waals surface area contributed by atoms with Crippen molar-refractivity contribution in [1.82, 2.24) is 4.98 Å². The third-order valence-corrected chi connectivity index (χ3v) is 4.42. The van der Waals surface area contributed by atoms with E-state index < -0.39 is 6.36 Å². The van der Waals surface area contributed by atoms with Crippen molar-refractivity contribution in [2.75, 3.05) is 0 Å². The minimum absolute atomic E-state index is 0.247. The summed E-state index contributed by atoms with van der Waals surface area (Å²) in [5, 5.41) is 0.821. The summed E-state index contributed by atoms with van der Waals surface area (Å²) >= 11 is 7.54. The van der Waals surface area contributed by atoms with Crippen LogP contribution in [-0.2, 0) is 0 Å². The number of nitrogens with zero attached hydrogens (tertiary/aromatic N) is 1. The number of rotatable bonds is 3. The fraction of sp³-hybridized carbons (Fsp3) is 0.118. The normalized spacial score (nSPS) is 11.5. The Balaban J connectivity index is 2.06. The maximum atomic E-state index is 12.6. The number of aromatic nitrogens is 1. The van der Waals surface area contributed by atoms with Crippen molar-refractivity contribution in [1.29, 1.82) is 0 Å². The van der Waals surface area contributed by atoms with Crippen molar-refractivity contribution in [3.05, 3.63) is 57.9 Å². The van der Waals surface area contributed by atoms with E-state index in [9.17, 15) is 13.2 Å². The molecule has 1 heterocycles. The topological polar surface area (TPSA) is 22.1 Å². The Morgan fingerprint density at radius 1 is 1.04 bits per heavy atom. The van der Waals surface area contributed by atoms with Gasteiger partial charge in [0, 0.05) is 11.1 Å². The van der Waals surface area contributed by atoms with E-state index in [0.717, 1.165) is 10.6 Å². The smallest absolute Gasteiger partial charge is 0.405 e. The van der Waals surface area contributed by atoms with Crippen LogP contribution >= 0.6 is 22.9 Å². The van der Waals surface area contributed by atoms with Crippen molar-refractivity contribution >= 4 is 22.9 Å². The number of benzene rings is 2. The first-order chi connectivity index (χ1) is 11.3. The first-order valence-electron chi connectivity index (χ1n) is 6.92. The molecule has 1 aromatic heterocycles. The highest BCUT2D eigenvalue weighted by molar-refractivity contribution is 7.16. The lowest BCUT2D eigenvalue weighted by atomic mass is 10.0. The van der Waals surface area contributed by atoms with Gasteiger partial charge in [0.25, 0.3) is 0 Å². The van der Waals surface area contributed by atoms with Crippen LogP contribution in [0.1, 0.15) is 5.01 Å². The third kappa shape index (κ3) is 3.71. The first-order valence-corrected chi connectivity index (χ1v) is 8.11. The van der Waals surface area contributed by atoms with Crippen LogP contribution in [0.25, 0.3) is 22.4 Å². The summed E-state index contributed by atoms with van der Waals surface area (Å²) in [6.45, 7) is 1.84. The van der Waals surface area contributed by atoms with Gasteiger partial charge in [0.2, 0.25) is 0 Å². The molecule has 7 heteroatoms. The highest BCUT2D eigenvalue weighted by Crippen LogP contribution is 2.37. The number of aryl methyl sites for hydroxylation is 1. The summed E-state index contributed by atoms with van der Waals surface area (Å²) in [5.41, 5.74) is 2.30. The lowest BCUT2D eigenvalue weighted by Gasteiger charge is -2.13. The molecule has 0 saturated heterocycles. The number of hydrogen-bond acceptors (Lipinski definition) is 3. The average Bonchev–Trinajstić information content (AvgIpc) is 2.85. The molecule has 0 aliphatic rings. The van der Waals surface area contributed by atoms with Crippen molar-refractivity contribution in [2.24, 2.45) is 0 Å². The molecule has 0 fully saturated rings. The van der Waals surface area contributed by atoms with E-state index in [4.69, 9.17) is 11.6 Å². The Kier molecular flexibility index (Phi) is 4.51. The number of alkyl halides is 3. The second-order valence-corrected chi connectivity index (χ2v) is 6.79. The van der Waals surface area contributed by atoms with Gasteiger partial charge in [-0.25, -0.2) is 4.98 Å². The van der Waals surface area contributed by atoms with Crippen molar-refractivity contribution in [3.8, 4) is 28.1 Å². The molecular weight excluding hydrogens is 359 g/mol. The van der Waals surface area contributed by atoms with Gasteiger partial charge in [-0.3, -0.25) is 0 Å². The van der Waals surface area contributed by atoms with Gasteiger partial charge in [-0.1, -0.05) is 48.0 Å². The molecule has 0 atom stereocenters. The number of halogens is 4. The molecule has 0 saturated carbocycles. The quantitative estimate of drug-likeness (QED) is 0.537. The maximum absolute atomic E-state index is 12.6. The molecule has 3 aromatic rings. The molecule has 24 heavy (non-hydrogen) atoms. The van der Waals surface area contributed by atoms with E-state index in [1.165, 1.54) is 23.5 Å². The Bertz CT molecular complexity index is 876. The van der Waals surface area contributed by atoms with E-state index >= 15 is 0 Å². The van der Waals surface area contributed by atoms with Gasteiger partial charge in [0.1, 0.15) is 15.8 Å². The largest absolute Gasteiger partial charge is 0.573 e. The predicted molar refractivity (Wildman–Crippen MR) is 89.4 cm³/mol. The second-order valence-electron chi connectivity index (χ2n) is 4.98. The molecule has 124 valence electrons. The SMILES string of the molecule is Cc1nc(-c2cccc(-c3ccccc3OC(F)(F)F)c2)c(Cl)s1. The van der Waals surface area contributed by atoms with Gasteiger partial charge in [0.15, 0.2) is 0 Å². The Morgan fingerprint density at radius 2 is 1.75 bits per heavy atom. The third-order valence-electron chi connectivity index (χ3n) is 3.25. The molecule has 2 aromatic carbocycles. The van der Waals surface area contributed by atoms with Crippen LogP contribution in [-0.4, -0.2) is 11.3 Å². The van der Waals surface area contributed by atoms with Crippen LogP contribution in [0.4, 0.5) is 13.2 Å². The molecule has 0 aliphatic heterocycles. The maximum Gasteiger partial charge on any atom is 0.573 e. The standard InChI is InChI=1S/C17H11ClF3NOS/c1-10-22-15(16(18)24-10)12-6-4-5-11(9-12)13-7-2-3-8-14(13)23-17(19,20)21/h2-9H,1H3. The number of para-hydroxylation sites is 1. The summed E-state index contributed by atoms with van der Waals surface area (Å²) in [7, 11) is 0. The van der Waals surface area contributed by atoms with Crippen LogP contribution in [0.2, 0.25) is 4.34 Å². The fourth-order valence-electron chi connectivity index (χ4n) is 2.33. The molecule has 0 radical (unpaired) electrons. The van der Waals surface area contributed by atoms with Crippen molar-refractivity contribution < 1.29 is 17.9 Å². The monoisotopic (exact) mass is 369 g/mol. The highest BCUT2D eigenvalue weighted by atomic mass is 35.5. The molecule has 0 aliphatic carbocycles. The lowest BCUT2D eigenvalue weighted by molar-refractivity contribution is -0.274. The molecule has 0 amide bonds. The minimum atomic E-state index is -4.75. The van der Waals surface area contributed by atoms with Gasteiger partial charge in [-0.15, -0.1) is 24.5 Å². The summed E-state index contributed by atoms with van der Waals surface area (Å²) in [4.78, 5) is 4.37. The van der Waals surface area contributed by atoms with Crippen LogP contribution in [0.3, 0.4) is 0 Å². The molecule has 3 rings (SSSR count). The van der Waals surface area contributed by atoms with Crippen LogP contribution in [0, 0.1) is 6.92 Å². The van der Waals surface area contributed by atoms with E-state index in [1.54, 1.807) is 30.3 Å². The van der Waals surface area contributed by atoms with Gasteiger partial charge in [-0.2, -0.15) is 0 Å². The fourth-order valence-corrected chi connectivity index (χ4v) is 3.48. The number of ether oxygens (including phenoxy) is 1. The van der Waals surface area contributed by atoms with Crippen LogP contribution in [0.15, 0.2) is 48.5 Å². The lowest BCUT2D eigenvalue weighted by Crippen LogP contribution is -2.17. The molecule has 0 spiro atoms. The van der Waals surface area contributed by atoms with Crippen molar-refractivity contribution in [2.45, 2.75) is 13.3 Å². The summed E-state index contributed by atoms with van der Waals surface area (Å²) in [5.74, 6) is -0.247. The van der Waals surface area contributed by atoms with Crippen molar-refractivity contribution in [3.63, 3.8) is 0 Å². The zero-order valence-electron chi connectivity index (χ0n) is 12.4. The highest BCUT2D eigenvalue weighted by Gasteiger charge is 2.32. The summed E-state index contributed by atoms with van der Waals surface area (Å²) in [6.07, 6.45) is -4.75. The molecule has 2 nitrogen and oxygen atoms in total. The minimum Gasteiger partial charge on any atom is -0.405 e. The Labute approximate surface area is 145 Å².